The number of nitrogens with two attached hydrogens (primary N) is 1. The monoisotopic (exact) mass is 269 g/mol. The van der Waals surface area contributed by atoms with Gasteiger partial charge in [-0.05, 0) is 19.3 Å². The predicted octanol–water partition coefficient (Wildman–Crippen LogP) is 0.877. The summed E-state index contributed by atoms with van der Waals surface area (Å²) in [5.74, 6) is 0.253. The highest BCUT2D eigenvalue weighted by atomic mass is 16.2. The van der Waals surface area contributed by atoms with E-state index in [4.69, 9.17) is 5.73 Å². The van der Waals surface area contributed by atoms with E-state index in [-0.39, 0.29) is 29.8 Å². The highest BCUT2D eigenvalue weighted by molar-refractivity contribution is 5.78. The van der Waals surface area contributed by atoms with Crippen LogP contribution in [0.4, 0.5) is 0 Å². The van der Waals surface area contributed by atoms with Crippen molar-refractivity contribution in [1.82, 2.24) is 10.2 Å². The van der Waals surface area contributed by atoms with Gasteiger partial charge < -0.3 is 16.0 Å². The molecule has 1 aliphatic rings. The molecule has 0 aliphatic carbocycles. The van der Waals surface area contributed by atoms with Crippen LogP contribution >= 0.6 is 0 Å². The third kappa shape index (κ3) is 5.19. The summed E-state index contributed by atoms with van der Waals surface area (Å²) in [6.07, 6.45) is 2.93. The maximum absolute atomic E-state index is 12.0. The molecule has 1 rings (SSSR count). The highest BCUT2D eigenvalue weighted by Gasteiger charge is 2.24. The Morgan fingerprint density at radius 2 is 1.89 bits per heavy atom. The molecule has 19 heavy (non-hydrogen) atoms. The van der Waals surface area contributed by atoms with Crippen molar-refractivity contribution in [1.29, 1.82) is 0 Å². The van der Waals surface area contributed by atoms with Crippen molar-refractivity contribution < 1.29 is 9.59 Å². The summed E-state index contributed by atoms with van der Waals surface area (Å²) in [6.45, 7) is 7.21. The van der Waals surface area contributed by atoms with Gasteiger partial charge in [0.25, 0.3) is 0 Å². The molecule has 0 radical (unpaired) electrons. The molecule has 0 bridgehead atoms. The van der Waals surface area contributed by atoms with Crippen molar-refractivity contribution in [3.05, 3.63) is 0 Å². The lowest BCUT2D eigenvalue weighted by Crippen LogP contribution is -2.48. The number of nitrogens with zero attached hydrogens (tertiary/aromatic N) is 1. The molecule has 0 aromatic carbocycles. The average molecular weight is 269 g/mol. The molecule has 3 N–H and O–H groups in total. The SMILES string of the molecule is CCC(N)CC(=O)N1CCC(NC(=O)C(C)C)CC1. The zero-order valence-corrected chi connectivity index (χ0v) is 12.3. The number of rotatable bonds is 5. The Bertz CT molecular complexity index is 310. The molecular formula is C14H27N3O2. The molecule has 5 nitrogen and oxygen atoms in total. The summed E-state index contributed by atoms with van der Waals surface area (Å²) < 4.78 is 0. The zero-order valence-electron chi connectivity index (χ0n) is 12.3. The van der Waals surface area contributed by atoms with Gasteiger partial charge in [-0.2, -0.15) is 0 Å². The van der Waals surface area contributed by atoms with Crippen LogP contribution in [0, 0.1) is 5.92 Å². The Balaban J connectivity index is 2.32. The minimum atomic E-state index is -0.0362. The van der Waals surface area contributed by atoms with Crippen LogP contribution in [0.5, 0.6) is 0 Å². The van der Waals surface area contributed by atoms with Gasteiger partial charge in [0, 0.05) is 37.5 Å². The van der Waals surface area contributed by atoms with Crippen molar-refractivity contribution in [2.24, 2.45) is 11.7 Å². The molecule has 110 valence electrons. The van der Waals surface area contributed by atoms with Crippen LogP contribution < -0.4 is 11.1 Å². The van der Waals surface area contributed by atoms with Crippen LogP contribution in [-0.2, 0) is 9.59 Å². The standard InChI is InChI=1S/C14H27N3O2/c1-4-11(15)9-13(18)17-7-5-12(6-8-17)16-14(19)10(2)3/h10-12H,4-9,15H2,1-3H3,(H,16,19). The fourth-order valence-electron chi connectivity index (χ4n) is 2.14. The van der Waals surface area contributed by atoms with Gasteiger partial charge in [0.1, 0.15) is 0 Å². The third-order valence-corrected chi connectivity index (χ3v) is 3.68. The second kappa shape index (κ2) is 7.48. The topological polar surface area (TPSA) is 75.4 Å². The Morgan fingerprint density at radius 3 is 2.37 bits per heavy atom. The lowest BCUT2D eigenvalue weighted by Gasteiger charge is -2.33. The zero-order chi connectivity index (χ0) is 14.4. The molecule has 0 aromatic rings. The minimum absolute atomic E-state index is 0.0159. The van der Waals surface area contributed by atoms with Crippen molar-refractivity contribution >= 4 is 11.8 Å². The fourth-order valence-corrected chi connectivity index (χ4v) is 2.14. The Hall–Kier alpha value is -1.10. The van der Waals surface area contributed by atoms with E-state index in [9.17, 15) is 9.59 Å². The van der Waals surface area contributed by atoms with Crippen molar-refractivity contribution in [2.45, 2.75) is 58.5 Å². The second-order valence-electron chi connectivity index (χ2n) is 5.69. The molecular weight excluding hydrogens is 242 g/mol. The van der Waals surface area contributed by atoms with Crippen LogP contribution in [0.1, 0.15) is 46.5 Å². The quantitative estimate of drug-likeness (QED) is 0.778. The number of nitrogens with one attached hydrogen (secondary N) is 1. The lowest BCUT2D eigenvalue weighted by molar-refractivity contribution is -0.132. The normalized spacial score (nSPS) is 18.5. The van der Waals surface area contributed by atoms with E-state index in [1.807, 2.05) is 25.7 Å². The average Bonchev–Trinajstić information content (AvgIpc) is 2.39. The smallest absolute Gasteiger partial charge is 0.224 e. The molecule has 0 saturated carbocycles. The summed E-state index contributed by atoms with van der Waals surface area (Å²) in [5, 5.41) is 3.03. The van der Waals surface area contributed by atoms with Gasteiger partial charge in [-0.1, -0.05) is 20.8 Å². The number of likely N-dealkylation sites (tertiary alicyclic amines) is 1. The predicted molar refractivity (Wildman–Crippen MR) is 75.5 cm³/mol. The largest absolute Gasteiger partial charge is 0.353 e. The van der Waals surface area contributed by atoms with Crippen LogP contribution in [-0.4, -0.2) is 41.9 Å². The van der Waals surface area contributed by atoms with E-state index in [1.54, 1.807) is 0 Å². The van der Waals surface area contributed by atoms with E-state index >= 15 is 0 Å². The first-order chi connectivity index (χ1) is 8.93. The van der Waals surface area contributed by atoms with Gasteiger partial charge in [-0.3, -0.25) is 9.59 Å². The molecule has 2 amide bonds. The van der Waals surface area contributed by atoms with Crippen molar-refractivity contribution in [3.63, 3.8) is 0 Å². The maximum Gasteiger partial charge on any atom is 0.224 e. The molecule has 1 unspecified atom stereocenters. The maximum atomic E-state index is 12.0. The lowest BCUT2D eigenvalue weighted by atomic mass is 10.0. The molecule has 0 aromatic heterocycles. The van der Waals surface area contributed by atoms with E-state index in [0.717, 1.165) is 32.4 Å². The summed E-state index contributed by atoms with van der Waals surface area (Å²) in [7, 11) is 0. The van der Waals surface area contributed by atoms with Gasteiger partial charge >= 0.3 is 0 Å². The number of carbonyl (C=O) groups is 2. The molecule has 1 heterocycles. The number of hydrogen-bond acceptors (Lipinski definition) is 3. The highest BCUT2D eigenvalue weighted by Crippen LogP contribution is 2.13. The number of carbonyl (C=O) groups excluding carboxylic acids is 2. The third-order valence-electron chi connectivity index (χ3n) is 3.68. The van der Waals surface area contributed by atoms with E-state index in [2.05, 4.69) is 5.32 Å². The van der Waals surface area contributed by atoms with Gasteiger partial charge in [0.15, 0.2) is 0 Å². The molecule has 0 spiro atoms. The number of amides is 2. The van der Waals surface area contributed by atoms with Crippen molar-refractivity contribution in [2.75, 3.05) is 13.1 Å². The Labute approximate surface area is 115 Å². The van der Waals surface area contributed by atoms with Gasteiger partial charge in [0.05, 0.1) is 0 Å². The van der Waals surface area contributed by atoms with Crippen LogP contribution in [0.15, 0.2) is 0 Å². The number of piperidine rings is 1. The van der Waals surface area contributed by atoms with Crippen molar-refractivity contribution in [3.8, 4) is 0 Å². The Kier molecular flexibility index (Phi) is 6.28. The second-order valence-corrected chi connectivity index (χ2v) is 5.69. The Morgan fingerprint density at radius 1 is 1.32 bits per heavy atom. The first-order valence-corrected chi connectivity index (χ1v) is 7.27. The summed E-state index contributed by atoms with van der Waals surface area (Å²) in [6, 6.07) is 0.171. The van der Waals surface area contributed by atoms with E-state index in [0.29, 0.717) is 6.42 Å². The fraction of sp³-hybridized carbons (Fsp3) is 0.857. The van der Waals surface area contributed by atoms with Crippen LogP contribution in [0.2, 0.25) is 0 Å². The van der Waals surface area contributed by atoms with E-state index in [1.165, 1.54) is 0 Å². The van der Waals surface area contributed by atoms with Gasteiger partial charge in [-0.25, -0.2) is 0 Å². The molecule has 1 aliphatic heterocycles. The first-order valence-electron chi connectivity index (χ1n) is 7.27. The molecule has 1 atom stereocenters. The molecule has 5 heteroatoms. The number of hydrogen-bond donors (Lipinski definition) is 2. The van der Waals surface area contributed by atoms with Gasteiger partial charge in [0.2, 0.25) is 11.8 Å². The first kappa shape index (κ1) is 16.0. The molecule has 1 saturated heterocycles. The van der Waals surface area contributed by atoms with E-state index < -0.39 is 0 Å². The summed E-state index contributed by atoms with van der Waals surface area (Å²) >= 11 is 0. The molecule has 1 fully saturated rings. The summed E-state index contributed by atoms with van der Waals surface area (Å²) in [4.78, 5) is 25.4. The minimum Gasteiger partial charge on any atom is -0.353 e. The summed E-state index contributed by atoms with van der Waals surface area (Å²) in [5.41, 5.74) is 5.80. The van der Waals surface area contributed by atoms with Crippen LogP contribution in [0.25, 0.3) is 0 Å². The van der Waals surface area contributed by atoms with Crippen LogP contribution in [0.3, 0.4) is 0 Å². The van der Waals surface area contributed by atoms with Gasteiger partial charge in [-0.15, -0.1) is 0 Å².